The van der Waals surface area contributed by atoms with E-state index in [4.69, 9.17) is 4.42 Å². The van der Waals surface area contributed by atoms with Gasteiger partial charge in [0.25, 0.3) is 5.91 Å². The molecule has 0 radical (unpaired) electrons. The number of carbonyl (C=O) groups excluding carboxylic acids is 1. The number of nitrogens with one attached hydrogen (secondary N) is 1. The second kappa shape index (κ2) is 7.65. The van der Waals surface area contributed by atoms with Crippen LogP contribution >= 0.6 is 11.8 Å². The molecule has 4 rings (SSSR count). The van der Waals surface area contributed by atoms with Gasteiger partial charge in [0, 0.05) is 12.7 Å². The van der Waals surface area contributed by atoms with E-state index in [1.54, 1.807) is 18.4 Å². The summed E-state index contributed by atoms with van der Waals surface area (Å²) in [6, 6.07) is 14.4. The lowest BCUT2D eigenvalue weighted by molar-refractivity contribution is 0.102. The largest absolute Gasteiger partial charge is 0.469 e. The fourth-order valence-corrected chi connectivity index (χ4v) is 3.27. The average Bonchev–Trinajstić information content (AvgIpc) is 3.29. The molecule has 0 saturated carbocycles. The second-order valence-electron chi connectivity index (χ2n) is 5.93. The van der Waals surface area contributed by atoms with Crippen LogP contribution in [0.5, 0.6) is 0 Å². The lowest BCUT2D eigenvalue weighted by Gasteiger charge is -2.05. The zero-order chi connectivity index (χ0) is 19.5. The van der Waals surface area contributed by atoms with Crippen molar-refractivity contribution in [1.29, 1.82) is 0 Å². The summed E-state index contributed by atoms with van der Waals surface area (Å²) in [6.07, 6.45) is 1.62. The number of carbonyl (C=O) groups is 1. The first kappa shape index (κ1) is 17.9. The molecular formula is C19H16N6O2S. The molecule has 4 aromatic rings. The number of hydrogen-bond donors (Lipinski definition) is 1. The van der Waals surface area contributed by atoms with Gasteiger partial charge >= 0.3 is 0 Å². The SMILES string of the molecule is Cc1occc1-c1nnc(Sc2ccc(C(=O)Nc3ccccc3)nn2)n1C. The summed E-state index contributed by atoms with van der Waals surface area (Å²) in [5, 5.41) is 20.6. The predicted molar refractivity (Wildman–Crippen MR) is 104 cm³/mol. The van der Waals surface area contributed by atoms with E-state index in [9.17, 15) is 4.79 Å². The highest BCUT2D eigenvalue weighted by atomic mass is 32.2. The number of nitrogens with zero attached hydrogens (tertiary/aromatic N) is 5. The quantitative estimate of drug-likeness (QED) is 0.554. The van der Waals surface area contributed by atoms with Crippen LogP contribution in [-0.2, 0) is 7.05 Å². The van der Waals surface area contributed by atoms with Crippen LogP contribution in [-0.4, -0.2) is 30.9 Å². The van der Waals surface area contributed by atoms with Gasteiger partial charge in [-0.3, -0.25) is 4.79 Å². The van der Waals surface area contributed by atoms with Crippen LogP contribution in [0.15, 0.2) is 69.4 Å². The van der Waals surface area contributed by atoms with Crippen LogP contribution in [0.2, 0.25) is 0 Å². The van der Waals surface area contributed by atoms with Crippen LogP contribution in [0.3, 0.4) is 0 Å². The molecule has 3 aromatic heterocycles. The van der Waals surface area contributed by atoms with E-state index in [0.29, 0.717) is 21.7 Å². The maximum Gasteiger partial charge on any atom is 0.276 e. The van der Waals surface area contributed by atoms with Crippen molar-refractivity contribution >= 4 is 23.4 Å². The summed E-state index contributed by atoms with van der Waals surface area (Å²) < 4.78 is 7.19. The Labute approximate surface area is 165 Å². The maximum absolute atomic E-state index is 12.2. The summed E-state index contributed by atoms with van der Waals surface area (Å²) in [7, 11) is 1.87. The molecule has 0 saturated heterocycles. The van der Waals surface area contributed by atoms with Crippen LogP contribution in [0.4, 0.5) is 5.69 Å². The Hall–Kier alpha value is -3.46. The van der Waals surface area contributed by atoms with Crippen LogP contribution in [0.1, 0.15) is 16.2 Å². The van der Waals surface area contributed by atoms with Gasteiger partial charge in [0.05, 0.1) is 11.8 Å². The minimum atomic E-state index is -0.313. The van der Waals surface area contributed by atoms with Gasteiger partial charge < -0.3 is 14.3 Å². The van der Waals surface area contributed by atoms with Gasteiger partial charge in [-0.1, -0.05) is 18.2 Å². The van der Waals surface area contributed by atoms with E-state index in [0.717, 1.165) is 11.3 Å². The van der Waals surface area contributed by atoms with E-state index < -0.39 is 0 Å². The van der Waals surface area contributed by atoms with Crippen molar-refractivity contribution in [2.75, 3.05) is 5.32 Å². The maximum atomic E-state index is 12.2. The van der Waals surface area contributed by atoms with E-state index in [-0.39, 0.29) is 11.6 Å². The molecule has 0 spiro atoms. The zero-order valence-corrected chi connectivity index (χ0v) is 16.0. The second-order valence-corrected chi connectivity index (χ2v) is 6.92. The van der Waals surface area contributed by atoms with Gasteiger partial charge in [0.2, 0.25) is 0 Å². The normalized spacial score (nSPS) is 10.8. The molecule has 8 nitrogen and oxygen atoms in total. The van der Waals surface area contributed by atoms with Gasteiger partial charge in [0.1, 0.15) is 10.8 Å². The Morgan fingerprint density at radius 1 is 1.04 bits per heavy atom. The Balaban J connectivity index is 1.47. The molecule has 0 unspecified atom stereocenters. The van der Waals surface area contributed by atoms with Crippen molar-refractivity contribution in [2.24, 2.45) is 7.05 Å². The predicted octanol–water partition coefficient (Wildman–Crippen LogP) is 3.58. The van der Waals surface area contributed by atoms with E-state index in [2.05, 4.69) is 25.7 Å². The van der Waals surface area contributed by atoms with Crippen LogP contribution < -0.4 is 5.32 Å². The average molecular weight is 392 g/mol. The first-order valence-electron chi connectivity index (χ1n) is 8.43. The molecular weight excluding hydrogens is 376 g/mol. The Morgan fingerprint density at radius 2 is 1.86 bits per heavy atom. The Morgan fingerprint density at radius 3 is 2.54 bits per heavy atom. The minimum Gasteiger partial charge on any atom is -0.469 e. The Bertz CT molecular complexity index is 1110. The van der Waals surface area contributed by atoms with Gasteiger partial charge in [-0.05, 0) is 49.0 Å². The first-order chi connectivity index (χ1) is 13.6. The minimum absolute atomic E-state index is 0.237. The van der Waals surface area contributed by atoms with Gasteiger partial charge in [-0.25, -0.2) is 0 Å². The molecule has 0 fully saturated rings. The van der Waals surface area contributed by atoms with Crippen molar-refractivity contribution < 1.29 is 9.21 Å². The van der Waals surface area contributed by atoms with Gasteiger partial charge in [-0.15, -0.1) is 20.4 Å². The Kier molecular flexibility index (Phi) is 4.90. The molecule has 1 amide bonds. The lowest BCUT2D eigenvalue weighted by atomic mass is 10.2. The number of benzene rings is 1. The lowest BCUT2D eigenvalue weighted by Crippen LogP contribution is -2.14. The van der Waals surface area contributed by atoms with Crippen molar-refractivity contribution in [1.82, 2.24) is 25.0 Å². The van der Waals surface area contributed by atoms with Crippen molar-refractivity contribution in [3.05, 3.63) is 66.2 Å². The number of rotatable bonds is 5. The van der Waals surface area contributed by atoms with Crippen LogP contribution in [0, 0.1) is 6.92 Å². The molecule has 0 aliphatic rings. The highest BCUT2D eigenvalue weighted by molar-refractivity contribution is 7.99. The number of anilines is 1. The highest BCUT2D eigenvalue weighted by Gasteiger charge is 2.16. The smallest absolute Gasteiger partial charge is 0.276 e. The summed E-state index contributed by atoms with van der Waals surface area (Å²) in [5.41, 5.74) is 1.83. The standard InChI is InChI=1S/C19H16N6O2S/c1-12-14(10-11-27-12)17-23-24-19(25(17)2)28-16-9-8-15(21-22-16)18(26)20-13-6-4-3-5-7-13/h3-11H,1-2H3,(H,20,26). The zero-order valence-electron chi connectivity index (χ0n) is 15.2. The molecule has 9 heteroatoms. The number of para-hydroxylation sites is 1. The van der Waals surface area contributed by atoms with E-state index in [1.807, 2.05) is 54.9 Å². The number of hydrogen-bond acceptors (Lipinski definition) is 7. The third-order valence-corrected chi connectivity index (χ3v) is 5.00. The third kappa shape index (κ3) is 3.65. The molecule has 0 atom stereocenters. The summed E-state index contributed by atoms with van der Waals surface area (Å²) in [6.45, 7) is 1.88. The fraction of sp³-hybridized carbons (Fsp3) is 0.105. The molecule has 28 heavy (non-hydrogen) atoms. The number of aromatic nitrogens is 5. The summed E-state index contributed by atoms with van der Waals surface area (Å²) in [5.74, 6) is 1.17. The number of amides is 1. The molecule has 1 N–H and O–H groups in total. The molecule has 0 aliphatic heterocycles. The summed E-state index contributed by atoms with van der Waals surface area (Å²) in [4.78, 5) is 12.2. The monoisotopic (exact) mass is 392 g/mol. The first-order valence-corrected chi connectivity index (χ1v) is 9.25. The van der Waals surface area contributed by atoms with Crippen molar-refractivity contribution in [3.8, 4) is 11.4 Å². The highest BCUT2D eigenvalue weighted by Crippen LogP contribution is 2.28. The summed E-state index contributed by atoms with van der Waals surface area (Å²) >= 11 is 1.32. The number of furan rings is 1. The van der Waals surface area contributed by atoms with E-state index in [1.165, 1.54) is 11.8 Å². The third-order valence-electron chi connectivity index (χ3n) is 4.03. The molecule has 0 bridgehead atoms. The molecule has 140 valence electrons. The van der Waals surface area contributed by atoms with Crippen molar-refractivity contribution in [2.45, 2.75) is 17.1 Å². The van der Waals surface area contributed by atoms with Gasteiger partial charge in [-0.2, -0.15) is 0 Å². The van der Waals surface area contributed by atoms with Crippen LogP contribution in [0.25, 0.3) is 11.4 Å². The fourth-order valence-electron chi connectivity index (χ4n) is 2.56. The molecule has 0 aliphatic carbocycles. The van der Waals surface area contributed by atoms with E-state index >= 15 is 0 Å². The van der Waals surface area contributed by atoms with Crippen molar-refractivity contribution in [3.63, 3.8) is 0 Å². The topological polar surface area (TPSA) is 98.7 Å². The van der Waals surface area contributed by atoms with Gasteiger partial charge in [0.15, 0.2) is 16.7 Å². The molecule has 1 aromatic carbocycles. The molecule has 3 heterocycles. The number of aryl methyl sites for hydroxylation is 1.